The van der Waals surface area contributed by atoms with E-state index in [1.807, 2.05) is 18.2 Å². The van der Waals surface area contributed by atoms with Gasteiger partial charge in [-0.05, 0) is 71.5 Å². The van der Waals surface area contributed by atoms with Crippen molar-refractivity contribution in [1.82, 2.24) is 5.32 Å². The number of thioether (sulfide) groups is 1. The summed E-state index contributed by atoms with van der Waals surface area (Å²) in [5.74, 6) is -1.64. The van der Waals surface area contributed by atoms with Crippen LogP contribution < -0.4 is 15.0 Å². The number of rotatable bonds is 4. The standard InChI is InChI=1S/C26H27FN2O5S/c1-25(2,3)16-6-15(7-17(11-16)26(4,5)33)12-29-19-9-14(10-20-23(31)28-24(32)35-20)8-18(27)22(19)34-13-21(29)30/h6-11,33H,12-13H2,1-5H3,(H,28,31,32). The molecule has 35 heavy (non-hydrogen) atoms. The van der Waals surface area contributed by atoms with E-state index in [4.69, 9.17) is 4.74 Å². The molecule has 2 aromatic rings. The van der Waals surface area contributed by atoms with E-state index < -0.39 is 22.6 Å². The number of nitrogens with zero attached hydrogens (tertiary/aromatic N) is 1. The van der Waals surface area contributed by atoms with Gasteiger partial charge in [0.1, 0.15) is 0 Å². The van der Waals surface area contributed by atoms with Crippen LogP contribution in [0.15, 0.2) is 35.2 Å². The Bertz CT molecular complexity index is 1240. The number of aliphatic hydroxyl groups is 1. The van der Waals surface area contributed by atoms with Gasteiger partial charge in [-0.3, -0.25) is 19.7 Å². The fraction of sp³-hybridized carbons (Fsp3) is 0.346. The number of ether oxygens (including phenoxy) is 1. The zero-order valence-corrected chi connectivity index (χ0v) is 21.0. The smallest absolute Gasteiger partial charge is 0.290 e. The van der Waals surface area contributed by atoms with Gasteiger partial charge in [0.05, 0.1) is 22.7 Å². The maximum Gasteiger partial charge on any atom is 0.290 e. The van der Waals surface area contributed by atoms with E-state index in [1.165, 1.54) is 17.0 Å². The molecule has 2 aliphatic rings. The zero-order chi connectivity index (χ0) is 25.7. The lowest BCUT2D eigenvalue weighted by Crippen LogP contribution is -2.38. The Balaban J connectivity index is 1.77. The van der Waals surface area contributed by atoms with E-state index in [0.717, 1.165) is 22.9 Å². The highest BCUT2D eigenvalue weighted by Crippen LogP contribution is 2.39. The molecule has 3 amide bonds. The second-order valence-corrected chi connectivity index (χ2v) is 11.2. The molecule has 4 rings (SSSR count). The van der Waals surface area contributed by atoms with Crippen molar-refractivity contribution in [2.45, 2.75) is 52.2 Å². The van der Waals surface area contributed by atoms with E-state index in [-0.39, 0.29) is 40.8 Å². The Morgan fingerprint density at radius 2 is 1.77 bits per heavy atom. The summed E-state index contributed by atoms with van der Waals surface area (Å²) in [7, 11) is 0. The molecule has 0 bridgehead atoms. The molecule has 9 heteroatoms. The van der Waals surface area contributed by atoms with Gasteiger partial charge in [0.2, 0.25) is 0 Å². The van der Waals surface area contributed by atoms with Crippen molar-refractivity contribution in [3.63, 3.8) is 0 Å². The Kier molecular flexibility index (Phi) is 6.27. The molecular formula is C26H27FN2O5S. The maximum absolute atomic E-state index is 15.0. The van der Waals surface area contributed by atoms with Gasteiger partial charge in [0, 0.05) is 0 Å². The molecule has 0 aliphatic carbocycles. The van der Waals surface area contributed by atoms with Crippen molar-refractivity contribution < 1.29 is 28.6 Å². The fourth-order valence-corrected chi connectivity index (χ4v) is 4.55. The number of benzene rings is 2. The number of imide groups is 1. The van der Waals surface area contributed by atoms with Gasteiger partial charge in [-0.15, -0.1) is 0 Å². The van der Waals surface area contributed by atoms with Crippen LogP contribution in [0.4, 0.5) is 14.9 Å². The van der Waals surface area contributed by atoms with E-state index >= 15 is 0 Å². The molecule has 1 fully saturated rings. The summed E-state index contributed by atoms with van der Waals surface area (Å²) < 4.78 is 20.3. The number of carbonyl (C=O) groups is 3. The van der Waals surface area contributed by atoms with Crippen molar-refractivity contribution in [3.05, 3.63) is 63.3 Å². The first kappa shape index (κ1) is 24.9. The van der Waals surface area contributed by atoms with E-state index in [9.17, 15) is 23.9 Å². The van der Waals surface area contributed by atoms with Gasteiger partial charge in [-0.2, -0.15) is 0 Å². The summed E-state index contributed by atoms with van der Waals surface area (Å²) in [6.45, 7) is 9.41. The normalized spacial score (nSPS) is 17.5. The van der Waals surface area contributed by atoms with Gasteiger partial charge < -0.3 is 14.7 Å². The first-order valence-corrected chi connectivity index (χ1v) is 11.9. The van der Waals surface area contributed by atoms with Crippen LogP contribution in [0.1, 0.15) is 56.9 Å². The quantitative estimate of drug-likeness (QED) is 0.598. The molecular weight excluding hydrogens is 471 g/mol. The van der Waals surface area contributed by atoms with Crippen molar-refractivity contribution in [1.29, 1.82) is 0 Å². The van der Waals surface area contributed by atoms with Gasteiger partial charge in [-0.1, -0.05) is 39.0 Å². The number of carbonyl (C=O) groups excluding carboxylic acids is 3. The lowest BCUT2D eigenvalue weighted by atomic mass is 9.82. The number of fused-ring (bicyclic) bond motifs is 1. The highest BCUT2D eigenvalue weighted by molar-refractivity contribution is 8.18. The summed E-state index contributed by atoms with van der Waals surface area (Å²) in [5, 5.41) is 12.3. The van der Waals surface area contributed by atoms with Crippen molar-refractivity contribution in [3.8, 4) is 5.75 Å². The van der Waals surface area contributed by atoms with Crippen LogP contribution in [0, 0.1) is 5.82 Å². The first-order valence-electron chi connectivity index (χ1n) is 11.1. The molecule has 0 radical (unpaired) electrons. The molecule has 0 saturated carbocycles. The molecule has 1 saturated heterocycles. The summed E-state index contributed by atoms with van der Waals surface area (Å²) in [6.07, 6.45) is 1.40. The van der Waals surface area contributed by atoms with Crippen molar-refractivity contribution >= 4 is 40.6 Å². The summed E-state index contributed by atoms with van der Waals surface area (Å²) in [6, 6.07) is 8.52. The lowest BCUT2D eigenvalue weighted by Gasteiger charge is -2.31. The van der Waals surface area contributed by atoms with Gasteiger partial charge in [0.25, 0.3) is 17.1 Å². The molecule has 0 aromatic heterocycles. The summed E-state index contributed by atoms with van der Waals surface area (Å²) in [4.78, 5) is 37.9. The molecule has 184 valence electrons. The van der Waals surface area contributed by atoms with Gasteiger partial charge >= 0.3 is 0 Å². The van der Waals surface area contributed by atoms with Gasteiger partial charge in [-0.25, -0.2) is 4.39 Å². The Morgan fingerprint density at radius 1 is 1.09 bits per heavy atom. The second-order valence-electron chi connectivity index (χ2n) is 10.2. The van der Waals surface area contributed by atoms with Gasteiger partial charge in [0.15, 0.2) is 18.2 Å². The topological polar surface area (TPSA) is 95.9 Å². The number of amides is 3. The Hall–Kier alpha value is -3.17. The number of anilines is 1. The highest BCUT2D eigenvalue weighted by atomic mass is 32.2. The molecule has 2 aliphatic heterocycles. The highest BCUT2D eigenvalue weighted by Gasteiger charge is 2.31. The fourth-order valence-electron chi connectivity index (χ4n) is 3.87. The van der Waals surface area contributed by atoms with Crippen LogP contribution in [-0.2, 0) is 27.1 Å². The molecule has 0 spiro atoms. The molecule has 2 aromatic carbocycles. The minimum Gasteiger partial charge on any atom is -0.478 e. The van der Waals surface area contributed by atoms with Crippen LogP contribution in [0.5, 0.6) is 5.75 Å². The third kappa shape index (κ3) is 5.26. The minimum absolute atomic E-state index is 0.0546. The largest absolute Gasteiger partial charge is 0.478 e. The number of halogens is 1. The van der Waals surface area contributed by atoms with Crippen LogP contribution in [0.2, 0.25) is 0 Å². The second kappa shape index (κ2) is 8.80. The van der Waals surface area contributed by atoms with Crippen LogP contribution in [-0.4, -0.2) is 28.8 Å². The lowest BCUT2D eigenvalue weighted by molar-refractivity contribution is -0.121. The predicted molar refractivity (Wildman–Crippen MR) is 133 cm³/mol. The van der Waals surface area contributed by atoms with E-state index in [0.29, 0.717) is 11.1 Å². The average Bonchev–Trinajstić information content (AvgIpc) is 3.05. The molecule has 2 N–H and O–H groups in total. The SMILES string of the molecule is CC(C)(C)c1cc(CN2C(=O)COc3c(F)cc(C=C4SC(=O)NC4=O)cc32)cc(C(C)(C)O)c1. The Labute approximate surface area is 207 Å². The predicted octanol–water partition coefficient (Wildman–Crippen LogP) is 4.60. The van der Waals surface area contributed by atoms with Crippen LogP contribution in [0.3, 0.4) is 0 Å². The van der Waals surface area contributed by atoms with E-state index in [2.05, 4.69) is 26.1 Å². The molecule has 2 heterocycles. The number of hydrogen-bond acceptors (Lipinski definition) is 6. The number of nitrogens with one attached hydrogen (secondary N) is 1. The molecule has 7 nitrogen and oxygen atoms in total. The van der Waals surface area contributed by atoms with Crippen molar-refractivity contribution in [2.75, 3.05) is 11.5 Å². The van der Waals surface area contributed by atoms with Crippen LogP contribution >= 0.6 is 11.8 Å². The first-order chi connectivity index (χ1) is 16.2. The van der Waals surface area contributed by atoms with E-state index in [1.54, 1.807) is 19.9 Å². The third-order valence-corrected chi connectivity index (χ3v) is 6.63. The maximum atomic E-state index is 15.0. The Morgan fingerprint density at radius 3 is 2.37 bits per heavy atom. The zero-order valence-electron chi connectivity index (χ0n) is 20.2. The average molecular weight is 499 g/mol. The number of hydrogen-bond donors (Lipinski definition) is 2. The third-order valence-electron chi connectivity index (χ3n) is 5.82. The van der Waals surface area contributed by atoms with Crippen LogP contribution in [0.25, 0.3) is 6.08 Å². The minimum atomic E-state index is -1.09. The van der Waals surface area contributed by atoms with Crippen molar-refractivity contribution in [2.24, 2.45) is 0 Å². The summed E-state index contributed by atoms with van der Waals surface area (Å²) in [5.41, 5.74) is 1.73. The summed E-state index contributed by atoms with van der Waals surface area (Å²) >= 11 is 0.727. The molecule has 0 atom stereocenters. The molecule has 0 unspecified atom stereocenters. The monoisotopic (exact) mass is 498 g/mol.